The number of halogens is 2. The fourth-order valence-electron chi connectivity index (χ4n) is 1.86. The summed E-state index contributed by atoms with van der Waals surface area (Å²) >= 11 is 3.26. The third kappa shape index (κ3) is 3.22. The first-order valence-corrected chi connectivity index (χ1v) is 6.86. The molecule has 0 aliphatic heterocycles. The summed E-state index contributed by atoms with van der Waals surface area (Å²) in [5, 5.41) is 12.8. The number of hydrogen-bond donors (Lipinski definition) is 2. The summed E-state index contributed by atoms with van der Waals surface area (Å²) in [5.74, 6) is 0.138. The Balaban J connectivity index is 2.19. The minimum Gasteiger partial charge on any atom is -0.503 e. The lowest BCUT2D eigenvalue weighted by Crippen LogP contribution is -2.02. The van der Waals surface area contributed by atoms with Crippen LogP contribution >= 0.6 is 15.9 Å². The van der Waals surface area contributed by atoms with Crippen LogP contribution in [0.1, 0.15) is 11.1 Å². The van der Waals surface area contributed by atoms with E-state index in [1.807, 2.05) is 6.92 Å². The summed E-state index contributed by atoms with van der Waals surface area (Å²) < 4.78 is 19.2. The molecule has 0 radical (unpaired) electrons. The maximum absolute atomic E-state index is 13.6. The van der Waals surface area contributed by atoms with Crippen molar-refractivity contribution in [3.63, 3.8) is 0 Å². The van der Waals surface area contributed by atoms with Crippen molar-refractivity contribution in [2.75, 3.05) is 12.4 Å². The lowest BCUT2D eigenvalue weighted by Gasteiger charge is -2.11. The molecule has 0 aliphatic rings. The Morgan fingerprint density at radius 2 is 2.05 bits per heavy atom. The summed E-state index contributed by atoms with van der Waals surface area (Å²) in [4.78, 5) is 0. The number of nitrogens with one attached hydrogen (secondary N) is 1. The van der Waals surface area contributed by atoms with E-state index >= 15 is 0 Å². The summed E-state index contributed by atoms with van der Waals surface area (Å²) in [5.41, 5.74) is 2.30. The molecule has 2 aromatic carbocycles. The van der Waals surface area contributed by atoms with E-state index in [1.165, 1.54) is 13.2 Å². The second-order valence-electron chi connectivity index (χ2n) is 4.47. The molecule has 0 aromatic heterocycles. The first-order valence-electron chi connectivity index (χ1n) is 6.06. The molecule has 20 heavy (non-hydrogen) atoms. The van der Waals surface area contributed by atoms with Gasteiger partial charge in [-0.05, 0) is 58.2 Å². The lowest BCUT2D eigenvalue weighted by molar-refractivity contribution is 0.371. The highest BCUT2D eigenvalue weighted by Crippen LogP contribution is 2.35. The molecule has 0 saturated heterocycles. The Bertz CT molecular complexity index is 632. The number of phenolic OH excluding ortho intramolecular Hbond substituents is 1. The maximum Gasteiger partial charge on any atom is 0.172 e. The van der Waals surface area contributed by atoms with Gasteiger partial charge in [0.15, 0.2) is 11.5 Å². The van der Waals surface area contributed by atoms with Crippen LogP contribution < -0.4 is 10.1 Å². The molecule has 2 aromatic rings. The van der Waals surface area contributed by atoms with Crippen LogP contribution in [0.25, 0.3) is 0 Å². The highest BCUT2D eigenvalue weighted by molar-refractivity contribution is 9.10. The van der Waals surface area contributed by atoms with E-state index in [0.717, 1.165) is 11.1 Å². The van der Waals surface area contributed by atoms with Crippen LogP contribution in [-0.4, -0.2) is 12.2 Å². The number of aromatic hydroxyl groups is 1. The van der Waals surface area contributed by atoms with Crippen LogP contribution in [0.5, 0.6) is 11.5 Å². The van der Waals surface area contributed by atoms with Crippen LogP contribution in [0.4, 0.5) is 10.1 Å². The Morgan fingerprint density at radius 1 is 1.30 bits per heavy atom. The lowest BCUT2D eigenvalue weighted by atomic mass is 10.1. The molecule has 106 valence electrons. The molecule has 3 nitrogen and oxygen atoms in total. The zero-order valence-electron chi connectivity index (χ0n) is 11.2. The molecule has 0 heterocycles. The smallest absolute Gasteiger partial charge is 0.172 e. The Labute approximate surface area is 125 Å². The van der Waals surface area contributed by atoms with Gasteiger partial charge in [-0.15, -0.1) is 0 Å². The molecule has 0 saturated carbocycles. The van der Waals surface area contributed by atoms with E-state index < -0.39 is 0 Å². The molecule has 0 aliphatic carbocycles. The van der Waals surface area contributed by atoms with Crippen molar-refractivity contribution in [3.8, 4) is 11.5 Å². The zero-order valence-corrected chi connectivity index (χ0v) is 12.8. The van der Waals surface area contributed by atoms with Gasteiger partial charge in [-0.3, -0.25) is 0 Å². The monoisotopic (exact) mass is 339 g/mol. The quantitative estimate of drug-likeness (QED) is 0.876. The number of methoxy groups -OCH3 is 1. The van der Waals surface area contributed by atoms with Gasteiger partial charge in [-0.25, -0.2) is 4.39 Å². The summed E-state index contributed by atoms with van der Waals surface area (Å²) in [7, 11) is 1.49. The number of rotatable bonds is 4. The molecule has 0 spiro atoms. The molecule has 0 unspecified atom stereocenters. The standard InChI is InChI=1S/C15H15BrFNO2/c1-9-3-4-12(17)13(5-9)18-8-10-6-11(16)15(19)14(7-10)20-2/h3-7,18-19H,8H2,1-2H3. The van der Waals surface area contributed by atoms with E-state index in [0.29, 0.717) is 22.5 Å². The van der Waals surface area contributed by atoms with Crippen molar-refractivity contribution in [1.29, 1.82) is 0 Å². The molecule has 0 fully saturated rings. The minimum absolute atomic E-state index is 0.0537. The van der Waals surface area contributed by atoms with Gasteiger partial charge in [-0.2, -0.15) is 0 Å². The third-order valence-corrected chi connectivity index (χ3v) is 3.52. The normalized spacial score (nSPS) is 10.4. The predicted octanol–water partition coefficient (Wildman–Crippen LogP) is 4.22. The zero-order chi connectivity index (χ0) is 14.7. The van der Waals surface area contributed by atoms with Gasteiger partial charge < -0.3 is 15.2 Å². The van der Waals surface area contributed by atoms with Gasteiger partial charge in [0.05, 0.1) is 17.3 Å². The topological polar surface area (TPSA) is 41.5 Å². The Kier molecular flexibility index (Phi) is 4.49. The maximum atomic E-state index is 13.6. The van der Waals surface area contributed by atoms with E-state index in [4.69, 9.17) is 4.74 Å². The number of ether oxygens (including phenoxy) is 1. The SMILES string of the molecule is COc1cc(CNc2cc(C)ccc2F)cc(Br)c1O. The van der Waals surface area contributed by atoms with Crippen molar-refractivity contribution >= 4 is 21.6 Å². The number of anilines is 1. The molecule has 0 atom stereocenters. The Hall–Kier alpha value is -1.75. The van der Waals surface area contributed by atoms with Crippen molar-refractivity contribution < 1.29 is 14.2 Å². The first kappa shape index (κ1) is 14.7. The fraction of sp³-hybridized carbons (Fsp3) is 0.200. The summed E-state index contributed by atoms with van der Waals surface area (Å²) in [6, 6.07) is 8.38. The van der Waals surface area contributed by atoms with Crippen LogP contribution in [0.15, 0.2) is 34.8 Å². The molecular weight excluding hydrogens is 325 g/mol. The molecular formula is C15H15BrFNO2. The molecule has 2 rings (SSSR count). The second kappa shape index (κ2) is 6.13. The van der Waals surface area contributed by atoms with Gasteiger partial charge in [0, 0.05) is 6.54 Å². The fourth-order valence-corrected chi connectivity index (χ4v) is 2.35. The van der Waals surface area contributed by atoms with Crippen molar-refractivity contribution in [2.45, 2.75) is 13.5 Å². The van der Waals surface area contributed by atoms with E-state index in [-0.39, 0.29) is 11.6 Å². The largest absolute Gasteiger partial charge is 0.503 e. The summed E-state index contributed by atoms with van der Waals surface area (Å²) in [6.07, 6.45) is 0. The Morgan fingerprint density at radius 3 is 2.75 bits per heavy atom. The van der Waals surface area contributed by atoms with E-state index in [9.17, 15) is 9.50 Å². The number of phenols is 1. The third-order valence-electron chi connectivity index (χ3n) is 2.91. The number of hydrogen-bond acceptors (Lipinski definition) is 3. The van der Waals surface area contributed by atoms with Crippen molar-refractivity contribution in [1.82, 2.24) is 0 Å². The van der Waals surface area contributed by atoms with Crippen LogP contribution in [-0.2, 0) is 6.54 Å². The molecule has 0 amide bonds. The average molecular weight is 340 g/mol. The van der Waals surface area contributed by atoms with Crippen molar-refractivity contribution in [2.24, 2.45) is 0 Å². The minimum atomic E-state index is -0.291. The van der Waals surface area contributed by atoms with Gasteiger partial charge >= 0.3 is 0 Å². The number of benzene rings is 2. The van der Waals surface area contributed by atoms with Gasteiger partial charge in [0.1, 0.15) is 5.82 Å². The van der Waals surface area contributed by atoms with E-state index in [2.05, 4.69) is 21.2 Å². The van der Waals surface area contributed by atoms with Gasteiger partial charge in [-0.1, -0.05) is 6.07 Å². The molecule has 2 N–H and O–H groups in total. The average Bonchev–Trinajstić information content (AvgIpc) is 2.43. The van der Waals surface area contributed by atoms with Crippen LogP contribution in [0, 0.1) is 12.7 Å². The second-order valence-corrected chi connectivity index (χ2v) is 5.32. The highest BCUT2D eigenvalue weighted by Gasteiger charge is 2.09. The van der Waals surface area contributed by atoms with Gasteiger partial charge in [0.2, 0.25) is 0 Å². The molecule has 0 bridgehead atoms. The first-order chi connectivity index (χ1) is 9.51. The van der Waals surface area contributed by atoms with E-state index in [1.54, 1.807) is 24.3 Å². The number of aryl methyl sites for hydroxylation is 1. The van der Waals surface area contributed by atoms with Gasteiger partial charge in [0.25, 0.3) is 0 Å². The molecule has 5 heteroatoms. The highest BCUT2D eigenvalue weighted by atomic mass is 79.9. The van der Waals surface area contributed by atoms with Crippen LogP contribution in [0.2, 0.25) is 0 Å². The van der Waals surface area contributed by atoms with Crippen LogP contribution in [0.3, 0.4) is 0 Å². The van der Waals surface area contributed by atoms with Crippen molar-refractivity contribution in [3.05, 3.63) is 51.7 Å². The summed E-state index contributed by atoms with van der Waals surface area (Å²) in [6.45, 7) is 2.33. The predicted molar refractivity (Wildman–Crippen MR) is 80.8 cm³/mol.